The molecule has 138 valence electrons. The minimum atomic E-state index is -0.356. The van der Waals surface area contributed by atoms with Crippen LogP contribution < -0.4 is 15.4 Å². The van der Waals surface area contributed by atoms with Gasteiger partial charge < -0.3 is 20.5 Å². The first-order valence-corrected chi connectivity index (χ1v) is 9.22. The summed E-state index contributed by atoms with van der Waals surface area (Å²) in [6.07, 6.45) is 2.52. The Balaban J connectivity index is 1.70. The first kappa shape index (κ1) is 17.2. The molecular weight excluding hydrogens is 357 g/mol. The van der Waals surface area contributed by atoms with E-state index in [4.69, 9.17) is 15.6 Å². The van der Waals surface area contributed by atoms with Crippen molar-refractivity contribution in [2.24, 2.45) is 11.7 Å². The van der Waals surface area contributed by atoms with Crippen LogP contribution in [0.3, 0.4) is 0 Å². The van der Waals surface area contributed by atoms with Gasteiger partial charge in [-0.25, -0.2) is 13.9 Å². The Morgan fingerprint density at radius 2 is 2.31 bits per heavy atom. The zero-order valence-electron chi connectivity index (χ0n) is 14.3. The predicted octanol–water partition coefficient (Wildman–Crippen LogP) is 1.75. The first-order chi connectivity index (χ1) is 12.6. The zero-order chi connectivity index (χ0) is 18.3. The second-order valence-corrected chi connectivity index (χ2v) is 7.34. The number of aliphatic hydroxyl groups is 1. The van der Waals surface area contributed by atoms with Crippen LogP contribution in [0.2, 0.25) is 0 Å². The van der Waals surface area contributed by atoms with E-state index in [9.17, 15) is 9.50 Å². The van der Waals surface area contributed by atoms with Gasteiger partial charge in [0.25, 0.3) is 0 Å². The summed E-state index contributed by atoms with van der Waals surface area (Å²) >= 11 is 1.48. The molecule has 7 nitrogen and oxygen atoms in total. The fourth-order valence-electron chi connectivity index (χ4n) is 3.29. The Labute approximate surface area is 153 Å². The molecule has 0 bridgehead atoms. The number of imidazole rings is 1. The molecule has 1 aliphatic heterocycles. The molecule has 4 rings (SSSR count). The molecule has 1 saturated heterocycles. The van der Waals surface area contributed by atoms with Gasteiger partial charge in [0, 0.05) is 43.3 Å². The van der Waals surface area contributed by atoms with Crippen LogP contribution in [-0.2, 0) is 0 Å². The molecule has 0 unspecified atom stereocenters. The molecule has 3 N–H and O–H groups in total. The number of hydrogen-bond donors (Lipinski definition) is 2. The van der Waals surface area contributed by atoms with Crippen LogP contribution in [0.25, 0.3) is 16.2 Å². The molecule has 0 amide bonds. The molecule has 1 aliphatic rings. The standard InChI is InChI=1S/C17H20FN5O2S/c1-25-15-6-11(18)2-3-12(15)14-7-20-16-23(14)21-17(26-16)22-5-4-13(19)10(8-22)9-24/h2-3,6-7,10,13,24H,4-5,8-9,19H2,1H3/t10-,13+/m1/s1. The lowest BCUT2D eigenvalue weighted by molar-refractivity contribution is 0.191. The second kappa shape index (κ2) is 6.82. The largest absolute Gasteiger partial charge is 0.496 e. The van der Waals surface area contributed by atoms with Crippen molar-refractivity contribution >= 4 is 21.4 Å². The molecule has 2 aromatic heterocycles. The van der Waals surface area contributed by atoms with E-state index in [-0.39, 0.29) is 24.4 Å². The van der Waals surface area contributed by atoms with E-state index in [0.717, 1.165) is 34.3 Å². The average Bonchev–Trinajstić information content (AvgIpc) is 3.23. The van der Waals surface area contributed by atoms with Gasteiger partial charge in [-0.05, 0) is 18.6 Å². The van der Waals surface area contributed by atoms with Crippen LogP contribution in [0.15, 0.2) is 24.4 Å². The third-order valence-electron chi connectivity index (χ3n) is 4.81. The summed E-state index contributed by atoms with van der Waals surface area (Å²) < 4.78 is 20.5. The molecule has 3 aromatic rings. The van der Waals surface area contributed by atoms with Crippen LogP contribution in [0.4, 0.5) is 9.52 Å². The number of methoxy groups -OCH3 is 1. The number of ether oxygens (including phenoxy) is 1. The summed E-state index contributed by atoms with van der Waals surface area (Å²) in [6, 6.07) is 4.42. The average molecular weight is 377 g/mol. The predicted molar refractivity (Wildman–Crippen MR) is 98.2 cm³/mol. The van der Waals surface area contributed by atoms with Gasteiger partial charge in [0.2, 0.25) is 10.1 Å². The van der Waals surface area contributed by atoms with Crippen molar-refractivity contribution in [2.75, 3.05) is 31.7 Å². The highest BCUT2D eigenvalue weighted by Crippen LogP contribution is 2.34. The van der Waals surface area contributed by atoms with Crippen LogP contribution in [-0.4, -0.2) is 52.6 Å². The Morgan fingerprint density at radius 1 is 1.46 bits per heavy atom. The van der Waals surface area contributed by atoms with Gasteiger partial charge in [0.15, 0.2) is 0 Å². The van der Waals surface area contributed by atoms with Gasteiger partial charge >= 0.3 is 0 Å². The molecule has 0 spiro atoms. The highest BCUT2D eigenvalue weighted by Gasteiger charge is 2.28. The normalized spacial score (nSPS) is 20.7. The van der Waals surface area contributed by atoms with Gasteiger partial charge in [-0.1, -0.05) is 11.3 Å². The number of nitrogens with zero attached hydrogens (tertiary/aromatic N) is 4. The van der Waals surface area contributed by atoms with Crippen molar-refractivity contribution in [1.82, 2.24) is 14.6 Å². The zero-order valence-corrected chi connectivity index (χ0v) is 15.1. The van der Waals surface area contributed by atoms with Gasteiger partial charge in [-0.15, -0.1) is 5.10 Å². The lowest BCUT2D eigenvalue weighted by atomic mass is 9.94. The summed E-state index contributed by atoms with van der Waals surface area (Å²) in [5, 5.41) is 15.0. The molecule has 1 aromatic carbocycles. The minimum Gasteiger partial charge on any atom is -0.496 e. The van der Waals surface area contributed by atoms with Gasteiger partial charge in [0.1, 0.15) is 11.6 Å². The van der Waals surface area contributed by atoms with E-state index in [1.54, 1.807) is 16.8 Å². The molecular formula is C17H20FN5O2S. The molecule has 0 aliphatic carbocycles. The number of anilines is 1. The van der Waals surface area contributed by atoms with Crippen molar-refractivity contribution in [3.05, 3.63) is 30.2 Å². The SMILES string of the molecule is COc1cc(F)ccc1-c1cnc2sc(N3CC[C@H](N)[C@@H](CO)C3)nn12. The highest BCUT2D eigenvalue weighted by atomic mass is 32.1. The first-order valence-electron chi connectivity index (χ1n) is 8.40. The van der Waals surface area contributed by atoms with Crippen molar-refractivity contribution in [3.63, 3.8) is 0 Å². The number of fused-ring (bicyclic) bond motifs is 1. The lowest BCUT2D eigenvalue weighted by Crippen LogP contribution is -2.48. The van der Waals surface area contributed by atoms with Crippen LogP contribution >= 0.6 is 11.3 Å². The van der Waals surface area contributed by atoms with E-state index in [2.05, 4.69) is 9.88 Å². The number of halogens is 1. The van der Waals surface area contributed by atoms with E-state index in [0.29, 0.717) is 12.3 Å². The Morgan fingerprint density at radius 3 is 3.08 bits per heavy atom. The van der Waals surface area contributed by atoms with Crippen LogP contribution in [0, 0.1) is 11.7 Å². The number of piperidine rings is 1. The highest BCUT2D eigenvalue weighted by molar-refractivity contribution is 7.20. The van der Waals surface area contributed by atoms with Crippen molar-refractivity contribution in [2.45, 2.75) is 12.5 Å². The Hall–Kier alpha value is -2.23. The Kier molecular flexibility index (Phi) is 4.51. The number of aliphatic hydroxyl groups excluding tert-OH is 1. The van der Waals surface area contributed by atoms with Gasteiger partial charge in [0.05, 0.1) is 19.0 Å². The van der Waals surface area contributed by atoms with Gasteiger partial charge in [-0.3, -0.25) is 0 Å². The quantitative estimate of drug-likeness (QED) is 0.720. The molecule has 1 fully saturated rings. The van der Waals surface area contributed by atoms with Gasteiger partial charge in [-0.2, -0.15) is 0 Å². The second-order valence-electron chi connectivity index (χ2n) is 6.41. The fraction of sp³-hybridized carbons (Fsp3) is 0.412. The van der Waals surface area contributed by atoms with E-state index in [1.165, 1.54) is 30.6 Å². The number of rotatable bonds is 4. The summed E-state index contributed by atoms with van der Waals surface area (Å²) in [7, 11) is 1.51. The lowest BCUT2D eigenvalue weighted by Gasteiger charge is -2.35. The van der Waals surface area contributed by atoms with E-state index < -0.39 is 0 Å². The van der Waals surface area contributed by atoms with Crippen molar-refractivity contribution in [1.29, 1.82) is 0 Å². The molecule has 26 heavy (non-hydrogen) atoms. The molecule has 0 saturated carbocycles. The Bertz CT molecular complexity index is 927. The fourth-order valence-corrected chi connectivity index (χ4v) is 4.20. The third-order valence-corrected chi connectivity index (χ3v) is 5.80. The molecule has 9 heteroatoms. The summed E-state index contributed by atoms with van der Waals surface area (Å²) in [4.78, 5) is 7.31. The van der Waals surface area contributed by atoms with Crippen LogP contribution in [0.1, 0.15) is 6.42 Å². The third kappa shape index (κ3) is 2.91. The maximum absolute atomic E-state index is 13.5. The molecule has 0 radical (unpaired) electrons. The van der Waals surface area contributed by atoms with E-state index >= 15 is 0 Å². The monoisotopic (exact) mass is 377 g/mol. The number of aromatic nitrogens is 3. The summed E-state index contributed by atoms with van der Waals surface area (Å²) in [5.41, 5.74) is 7.53. The summed E-state index contributed by atoms with van der Waals surface area (Å²) in [6.45, 7) is 1.53. The minimum absolute atomic E-state index is 0.0133. The maximum atomic E-state index is 13.5. The van der Waals surface area contributed by atoms with Crippen molar-refractivity contribution < 1.29 is 14.2 Å². The molecule has 3 heterocycles. The number of benzene rings is 1. The topological polar surface area (TPSA) is 88.9 Å². The number of hydrogen-bond acceptors (Lipinski definition) is 7. The molecule has 2 atom stereocenters. The summed E-state index contributed by atoms with van der Waals surface area (Å²) in [5.74, 6) is 0.118. The van der Waals surface area contributed by atoms with Crippen molar-refractivity contribution in [3.8, 4) is 17.0 Å². The van der Waals surface area contributed by atoms with E-state index in [1.807, 2.05) is 0 Å². The smallest absolute Gasteiger partial charge is 0.214 e. The number of nitrogens with two attached hydrogens (primary N) is 1. The van der Waals surface area contributed by atoms with Crippen LogP contribution in [0.5, 0.6) is 5.75 Å². The maximum Gasteiger partial charge on any atom is 0.214 e.